The van der Waals surface area contributed by atoms with Gasteiger partial charge in [-0.05, 0) is 43.0 Å². The summed E-state index contributed by atoms with van der Waals surface area (Å²) in [6, 6.07) is 13.8. The molecule has 2 aromatic carbocycles. The van der Waals surface area contributed by atoms with Crippen LogP contribution in [0.15, 0.2) is 48.5 Å². The van der Waals surface area contributed by atoms with Gasteiger partial charge in [0.2, 0.25) is 0 Å². The van der Waals surface area contributed by atoms with Crippen LogP contribution in [0.1, 0.15) is 43.7 Å². The number of nitrogens with one attached hydrogen (secondary N) is 1. The topological polar surface area (TPSA) is 55.4 Å². The standard InChI is InChI=1S/C22H24FNO3/c1-2-16-9-11-17(12-10-16)24-20(25)15-27-21(26)22(13-5-6-14-22)18-7-3-4-8-19(18)23/h3-4,7-12H,2,5-6,13-15H2,1H3,(H,24,25). The smallest absolute Gasteiger partial charge is 0.317 e. The lowest BCUT2D eigenvalue weighted by Gasteiger charge is -2.27. The van der Waals surface area contributed by atoms with E-state index < -0.39 is 23.1 Å². The molecular weight excluding hydrogens is 345 g/mol. The first kappa shape index (κ1) is 19.1. The predicted octanol–water partition coefficient (Wildman–Crippen LogP) is 4.38. The van der Waals surface area contributed by atoms with Crippen molar-refractivity contribution in [2.75, 3.05) is 11.9 Å². The van der Waals surface area contributed by atoms with Crippen molar-refractivity contribution in [3.63, 3.8) is 0 Å². The third kappa shape index (κ3) is 4.18. The fourth-order valence-electron chi connectivity index (χ4n) is 3.70. The fraction of sp³-hybridized carbons (Fsp3) is 0.364. The minimum absolute atomic E-state index is 0.364. The van der Waals surface area contributed by atoms with E-state index in [4.69, 9.17) is 4.74 Å². The van der Waals surface area contributed by atoms with E-state index in [2.05, 4.69) is 12.2 Å². The quantitative estimate of drug-likeness (QED) is 0.769. The number of anilines is 1. The molecule has 0 heterocycles. The molecule has 1 aliphatic rings. The van der Waals surface area contributed by atoms with Crippen LogP contribution in [0.4, 0.5) is 10.1 Å². The van der Waals surface area contributed by atoms with Gasteiger partial charge in [0, 0.05) is 11.3 Å². The first-order chi connectivity index (χ1) is 13.0. The van der Waals surface area contributed by atoms with Crippen LogP contribution >= 0.6 is 0 Å². The number of carbonyl (C=O) groups excluding carboxylic acids is 2. The third-order valence-electron chi connectivity index (χ3n) is 5.22. The largest absolute Gasteiger partial charge is 0.455 e. The summed E-state index contributed by atoms with van der Waals surface area (Å²) >= 11 is 0. The highest BCUT2D eigenvalue weighted by molar-refractivity contribution is 5.94. The van der Waals surface area contributed by atoms with Crippen LogP contribution in [-0.2, 0) is 26.2 Å². The Labute approximate surface area is 158 Å². The normalized spacial score (nSPS) is 15.3. The maximum atomic E-state index is 14.3. The molecule has 1 amide bonds. The van der Waals surface area contributed by atoms with Crippen molar-refractivity contribution >= 4 is 17.6 Å². The zero-order chi connectivity index (χ0) is 19.3. The number of hydrogen-bond acceptors (Lipinski definition) is 3. The number of aryl methyl sites for hydroxylation is 1. The average molecular weight is 369 g/mol. The van der Waals surface area contributed by atoms with Gasteiger partial charge in [0.25, 0.3) is 5.91 Å². The number of esters is 1. The van der Waals surface area contributed by atoms with Crippen LogP contribution < -0.4 is 5.32 Å². The summed E-state index contributed by atoms with van der Waals surface area (Å²) in [6.45, 7) is 1.67. The van der Waals surface area contributed by atoms with Crippen LogP contribution in [-0.4, -0.2) is 18.5 Å². The highest BCUT2D eigenvalue weighted by atomic mass is 19.1. The van der Waals surface area contributed by atoms with Crippen LogP contribution in [0.25, 0.3) is 0 Å². The van der Waals surface area contributed by atoms with Gasteiger partial charge in [-0.3, -0.25) is 9.59 Å². The molecular formula is C22H24FNO3. The van der Waals surface area contributed by atoms with E-state index in [1.807, 2.05) is 24.3 Å². The maximum absolute atomic E-state index is 14.3. The summed E-state index contributed by atoms with van der Waals surface area (Å²) < 4.78 is 19.6. The summed E-state index contributed by atoms with van der Waals surface area (Å²) in [6.07, 6.45) is 3.66. The minimum atomic E-state index is -0.992. The third-order valence-corrected chi connectivity index (χ3v) is 5.22. The van der Waals surface area contributed by atoms with Crippen molar-refractivity contribution in [1.29, 1.82) is 0 Å². The number of amides is 1. The molecule has 0 aliphatic heterocycles. The van der Waals surface area contributed by atoms with Crippen molar-refractivity contribution < 1.29 is 18.7 Å². The highest BCUT2D eigenvalue weighted by Gasteiger charge is 2.45. The van der Waals surface area contributed by atoms with Crippen molar-refractivity contribution in [2.24, 2.45) is 0 Å². The monoisotopic (exact) mass is 369 g/mol. The number of halogens is 1. The molecule has 0 unspecified atom stereocenters. The van der Waals surface area contributed by atoms with Crippen molar-refractivity contribution in [1.82, 2.24) is 0 Å². The number of ether oxygens (including phenoxy) is 1. The summed E-state index contributed by atoms with van der Waals surface area (Å²) in [5, 5.41) is 2.71. The second kappa shape index (κ2) is 8.33. The Kier molecular flexibility index (Phi) is 5.89. The second-order valence-corrected chi connectivity index (χ2v) is 6.94. The first-order valence-electron chi connectivity index (χ1n) is 9.36. The van der Waals surface area contributed by atoms with E-state index in [1.165, 1.54) is 11.6 Å². The van der Waals surface area contributed by atoms with Crippen LogP contribution in [0.5, 0.6) is 0 Å². The van der Waals surface area contributed by atoms with E-state index >= 15 is 0 Å². The van der Waals surface area contributed by atoms with Gasteiger partial charge < -0.3 is 10.1 Å². The van der Waals surface area contributed by atoms with E-state index in [0.717, 1.165) is 19.3 Å². The summed E-state index contributed by atoms with van der Waals surface area (Å²) in [4.78, 5) is 24.9. The van der Waals surface area contributed by atoms with E-state index in [0.29, 0.717) is 24.1 Å². The Morgan fingerprint density at radius 2 is 1.74 bits per heavy atom. The molecule has 5 heteroatoms. The van der Waals surface area contributed by atoms with Gasteiger partial charge >= 0.3 is 5.97 Å². The Hall–Kier alpha value is -2.69. The molecule has 1 fully saturated rings. The molecule has 1 N–H and O–H groups in total. The number of hydrogen-bond donors (Lipinski definition) is 1. The Bertz CT molecular complexity index is 811. The molecule has 2 aromatic rings. The molecule has 0 saturated heterocycles. The minimum Gasteiger partial charge on any atom is -0.455 e. The Morgan fingerprint density at radius 3 is 2.37 bits per heavy atom. The average Bonchev–Trinajstić information content (AvgIpc) is 3.18. The lowest BCUT2D eigenvalue weighted by atomic mass is 9.78. The molecule has 0 aromatic heterocycles. The molecule has 142 valence electrons. The number of benzene rings is 2. The lowest BCUT2D eigenvalue weighted by Crippen LogP contribution is -2.37. The molecule has 1 saturated carbocycles. The zero-order valence-electron chi connectivity index (χ0n) is 15.5. The lowest BCUT2D eigenvalue weighted by molar-refractivity contribution is -0.153. The second-order valence-electron chi connectivity index (χ2n) is 6.94. The Balaban J connectivity index is 1.64. The maximum Gasteiger partial charge on any atom is 0.317 e. The molecule has 0 radical (unpaired) electrons. The van der Waals surface area contributed by atoms with Gasteiger partial charge in [-0.1, -0.05) is 50.1 Å². The van der Waals surface area contributed by atoms with Gasteiger partial charge in [0.05, 0.1) is 5.41 Å². The summed E-state index contributed by atoms with van der Waals surface area (Å²) in [5.41, 5.74) is 1.20. The van der Waals surface area contributed by atoms with Crippen LogP contribution in [0.3, 0.4) is 0 Å². The first-order valence-corrected chi connectivity index (χ1v) is 9.36. The van der Waals surface area contributed by atoms with E-state index in [1.54, 1.807) is 18.2 Å². The van der Waals surface area contributed by atoms with Crippen LogP contribution in [0.2, 0.25) is 0 Å². The van der Waals surface area contributed by atoms with Crippen LogP contribution in [0, 0.1) is 5.82 Å². The predicted molar refractivity (Wildman–Crippen MR) is 102 cm³/mol. The SMILES string of the molecule is CCc1ccc(NC(=O)COC(=O)C2(c3ccccc3F)CCCC2)cc1. The molecule has 0 spiro atoms. The summed E-state index contributed by atoms with van der Waals surface area (Å²) in [5.74, 6) is -1.34. The Morgan fingerprint density at radius 1 is 1.07 bits per heavy atom. The van der Waals surface area contributed by atoms with Gasteiger partial charge in [0.1, 0.15) is 5.82 Å². The van der Waals surface area contributed by atoms with Gasteiger partial charge in [0.15, 0.2) is 6.61 Å². The van der Waals surface area contributed by atoms with Crippen molar-refractivity contribution in [2.45, 2.75) is 44.4 Å². The fourth-order valence-corrected chi connectivity index (χ4v) is 3.70. The van der Waals surface area contributed by atoms with E-state index in [-0.39, 0.29) is 6.61 Å². The van der Waals surface area contributed by atoms with Gasteiger partial charge in [-0.2, -0.15) is 0 Å². The van der Waals surface area contributed by atoms with Crippen molar-refractivity contribution in [3.8, 4) is 0 Å². The molecule has 0 atom stereocenters. The molecule has 3 rings (SSSR count). The van der Waals surface area contributed by atoms with E-state index in [9.17, 15) is 14.0 Å². The molecule has 0 bridgehead atoms. The van der Waals surface area contributed by atoms with Gasteiger partial charge in [-0.25, -0.2) is 4.39 Å². The molecule has 27 heavy (non-hydrogen) atoms. The number of carbonyl (C=O) groups is 2. The summed E-state index contributed by atoms with van der Waals surface area (Å²) in [7, 11) is 0. The molecule has 4 nitrogen and oxygen atoms in total. The highest BCUT2D eigenvalue weighted by Crippen LogP contribution is 2.43. The van der Waals surface area contributed by atoms with Gasteiger partial charge in [-0.15, -0.1) is 0 Å². The number of rotatable bonds is 6. The van der Waals surface area contributed by atoms with Crippen molar-refractivity contribution in [3.05, 3.63) is 65.5 Å². The zero-order valence-corrected chi connectivity index (χ0v) is 15.5. The molecule has 1 aliphatic carbocycles.